The van der Waals surface area contributed by atoms with Gasteiger partial charge < -0.3 is 10.2 Å². The molecule has 2 aromatic rings. The summed E-state index contributed by atoms with van der Waals surface area (Å²) in [7, 11) is -3.44. The van der Waals surface area contributed by atoms with Crippen molar-refractivity contribution >= 4 is 54.8 Å². The number of sulfonamides is 1. The maximum absolute atomic E-state index is 12.8. The fraction of sp³-hybridized carbons (Fsp3) is 0.263. The van der Waals surface area contributed by atoms with E-state index < -0.39 is 21.8 Å². The lowest BCUT2D eigenvalue weighted by Gasteiger charge is -2.18. The first kappa shape index (κ1) is 20.3. The first-order valence-electron chi connectivity index (χ1n) is 8.61. The van der Waals surface area contributed by atoms with Crippen LogP contribution >= 0.6 is 15.9 Å². The number of hydrogen-bond donors (Lipinski definition) is 2. The Kier molecular flexibility index (Phi) is 5.76. The molecule has 0 aromatic heterocycles. The molecule has 1 heterocycles. The van der Waals surface area contributed by atoms with Crippen LogP contribution in [0.1, 0.15) is 12.0 Å². The number of carbonyl (C=O) groups is 2. The van der Waals surface area contributed by atoms with Gasteiger partial charge in [0, 0.05) is 16.7 Å². The Labute approximate surface area is 172 Å². The molecule has 1 atom stereocenters. The predicted octanol–water partition coefficient (Wildman–Crippen LogP) is 3.12. The summed E-state index contributed by atoms with van der Waals surface area (Å²) in [6, 6.07) is 12.3. The number of amides is 2. The number of para-hydroxylation sites is 1. The summed E-state index contributed by atoms with van der Waals surface area (Å²) in [4.78, 5) is 27.0. The third kappa shape index (κ3) is 4.53. The Morgan fingerprint density at radius 1 is 1.21 bits per heavy atom. The van der Waals surface area contributed by atoms with Crippen LogP contribution < -0.4 is 14.9 Å². The van der Waals surface area contributed by atoms with E-state index in [4.69, 9.17) is 0 Å². The van der Waals surface area contributed by atoms with E-state index in [9.17, 15) is 18.0 Å². The van der Waals surface area contributed by atoms with Crippen molar-refractivity contribution in [3.8, 4) is 0 Å². The summed E-state index contributed by atoms with van der Waals surface area (Å²) in [6.07, 6.45) is 1.47. The smallest absolute Gasteiger partial charge is 0.239 e. The van der Waals surface area contributed by atoms with Crippen molar-refractivity contribution in [1.29, 1.82) is 0 Å². The highest BCUT2D eigenvalue weighted by molar-refractivity contribution is 9.10. The van der Waals surface area contributed by atoms with Gasteiger partial charge in [-0.05, 0) is 59.1 Å². The molecule has 0 aliphatic carbocycles. The van der Waals surface area contributed by atoms with Gasteiger partial charge in [-0.25, -0.2) is 8.42 Å². The summed E-state index contributed by atoms with van der Waals surface area (Å²) in [6.45, 7) is 2.21. The molecular formula is C19H20BrN3O4S. The van der Waals surface area contributed by atoms with Gasteiger partial charge in [0.1, 0.15) is 5.92 Å². The lowest BCUT2D eigenvalue weighted by Crippen LogP contribution is -2.33. The van der Waals surface area contributed by atoms with Crippen molar-refractivity contribution in [2.75, 3.05) is 27.7 Å². The number of nitrogens with one attached hydrogen (secondary N) is 2. The zero-order valence-electron chi connectivity index (χ0n) is 15.4. The highest BCUT2D eigenvalue weighted by Gasteiger charge is 2.38. The zero-order chi connectivity index (χ0) is 20.5. The highest BCUT2D eigenvalue weighted by Crippen LogP contribution is 2.32. The van der Waals surface area contributed by atoms with Crippen molar-refractivity contribution in [3.05, 3.63) is 52.5 Å². The number of hydrogen-bond acceptors (Lipinski definition) is 4. The quantitative estimate of drug-likeness (QED) is 0.662. The average molecular weight is 466 g/mol. The average Bonchev–Trinajstić information content (AvgIpc) is 2.98. The van der Waals surface area contributed by atoms with Gasteiger partial charge in [0.25, 0.3) is 0 Å². The van der Waals surface area contributed by atoms with E-state index in [1.807, 2.05) is 24.3 Å². The van der Waals surface area contributed by atoms with E-state index in [2.05, 4.69) is 26.0 Å². The number of carbonyl (C=O) groups excluding carboxylic acids is 2. The van der Waals surface area contributed by atoms with Crippen molar-refractivity contribution in [1.82, 2.24) is 0 Å². The van der Waals surface area contributed by atoms with E-state index in [0.29, 0.717) is 24.3 Å². The molecule has 28 heavy (non-hydrogen) atoms. The molecule has 2 aromatic carbocycles. The van der Waals surface area contributed by atoms with E-state index in [1.165, 1.54) is 0 Å². The van der Waals surface area contributed by atoms with Gasteiger partial charge in [-0.2, -0.15) is 0 Å². The molecule has 9 heteroatoms. The Morgan fingerprint density at radius 2 is 1.93 bits per heavy atom. The van der Waals surface area contributed by atoms with Crippen molar-refractivity contribution in [2.45, 2.75) is 13.3 Å². The topological polar surface area (TPSA) is 95.6 Å². The number of halogens is 1. The molecule has 1 unspecified atom stereocenters. The molecule has 1 fully saturated rings. The van der Waals surface area contributed by atoms with Crippen LogP contribution in [0.4, 0.5) is 17.1 Å². The molecule has 1 saturated heterocycles. The maximum atomic E-state index is 12.8. The van der Waals surface area contributed by atoms with Gasteiger partial charge in [0.2, 0.25) is 21.8 Å². The van der Waals surface area contributed by atoms with Crippen LogP contribution in [0.2, 0.25) is 0 Å². The fourth-order valence-electron chi connectivity index (χ4n) is 3.07. The molecule has 1 aliphatic heterocycles. The molecule has 3 rings (SSSR count). The third-order valence-electron chi connectivity index (χ3n) is 4.47. The van der Waals surface area contributed by atoms with Gasteiger partial charge in [-0.15, -0.1) is 0 Å². The molecule has 2 N–H and O–H groups in total. The Balaban J connectivity index is 1.75. The highest BCUT2D eigenvalue weighted by atomic mass is 79.9. The fourth-order valence-corrected chi connectivity index (χ4v) is 4.19. The first-order valence-corrected chi connectivity index (χ1v) is 11.3. The summed E-state index contributed by atoms with van der Waals surface area (Å²) >= 11 is 3.43. The largest absolute Gasteiger partial charge is 0.325 e. The second-order valence-corrected chi connectivity index (χ2v) is 9.28. The van der Waals surface area contributed by atoms with Crippen LogP contribution in [0.25, 0.3) is 0 Å². The van der Waals surface area contributed by atoms with Gasteiger partial charge in [-0.1, -0.05) is 18.2 Å². The van der Waals surface area contributed by atoms with Crippen LogP contribution in [-0.2, 0) is 19.6 Å². The molecule has 0 radical (unpaired) electrons. The number of nitrogens with zero attached hydrogens (tertiary/aromatic N) is 1. The van der Waals surface area contributed by atoms with E-state index in [0.717, 1.165) is 22.0 Å². The number of rotatable bonds is 5. The van der Waals surface area contributed by atoms with Crippen LogP contribution in [-0.4, -0.2) is 33.0 Å². The van der Waals surface area contributed by atoms with Crippen molar-refractivity contribution < 1.29 is 18.0 Å². The molecule has 0 bridgehead atoms. The van der Waals surface area contributed by atoms with Crippen molar-refractivity contribution in [2.24, 2.45) is 5.92 Å². The first-order chi connectivity index (χ1) is 13.2. The summed E-state index contributed by atoms with van der Waals surface area (Å²) in [5.41, 5.74) is 2.26. The number of anilines is 3. The molecular weight excluding hydrogens is 446 g/mol. The van der Waals surface area contributed by atoms with E-state index >= 15 is 0 Å². The second kappa shape index (κ2) is 7.92. The van der Waals surface area contributed by atoms with Gasteiger partial charge in [-0.3, -0.25) is 14.3 Å². The second-order valence-electron chi connectivity index (χ2n) is 6.68. The van der Waals surface area contributed by atoms with Crippen LogP contribution in [0.5, 0.6) is 0 Å². The Bertz CT molecular complexity index is 1040. The zero-order valence-corrected chi connectivity index (χ0v) is 17.8. The summed E-state index contributed by atoms with van der Waals surface area (Å²) in [5, 5.41) is 2.72. The van der Waals surface area contributed by atoms with Crippen LogP contribution in [0, 0.1) is 12.8 Å². The minimum Gasteiger partial charge on any atom is -0.325 e. The Morgan fingerprint density at radius 3 is 2.61 bits per heavy atom. The van der Waals surface area contributed by atoms with Crippen LogP contribution in [0.15, 0.2) is 46.9 Å². The normalized spacial score (nSPS) is 16.9. The third-order valence-corrected chi connectivity index (χ3v) is 5.73. The minimum absolute atomic E-state index is 0.258. The number of benzene rings is 2. The van der Waals surface area contributed by atoms with Crippen LogP contribution in [0.3, 0.4) is 0 Å². The monoisotopic (exact) mass is 465 g/mol. The van der Waals surface area contributed by atoms with Gasteiger partial charge in [0.05, 0.1) is 17.6 Å². The maximum Gasteiger partial charge on any atom is 0.239 e. The molecule has 7 nitrogen and oxygen atoms in total. The van der Waals surface area contributed by atoms with Crippen molar-refractivity contribution in [3.63, 3.8) is 0 Å². The SMILES string of the molecule is Cc1ccc(NC(=O)C2CCN(c3ccccc3Br)C2=O)cc1NS(C)(=O)=O. The molecule has 148 valence electrons. The Hall–Kier alpha value is -2.39. The van der Waals surface area contributed by atoms with Gasteiger partial charge in [0.15, 0.2) is 0 Å². The molecule has 1 aliphatic rings. The van der Waals surface area contributed by atoms with E-state index in [1.54, 1.807) is 30.0 Å². The summed E-state index contributed by atoms with van der Waals surface area (Å²) in [5.74, 6) is -1.46. The summed E-state index contributed by atoms with van der Waals surface area (Å²) < 4.78 is 26.2. The molecule has 0 saturated carbocycles. The molecule has 0 spiro atoms. The number of aryl methyl sites for hydroxylation is 1. The van der Waals surface area contributed by atoms with E-state index in [-0.39, 0.29) is 5.91 Å². The predicted molar refractivity (Wildman–Crippen MR) is 113 cm³/mol. The van der Waals surface area contributed by atoms with Gasteiger partial charge >= 0.3 is 0 Å². The molecule has 2 amide bonds. The lowest BCUT2D eigenvalue weighted by atomic mass is 10.1. The minimum atomic E-state index is -3.44. The standard InChI is InChI=1S/C19H20BrN3O4S/c1-12-7-8-13(11-16(12)22-28(2,26)27)21-18(24)14-9-10-23(19(14)25)17-6-4-3-5-15(17)20/h3-8,11,14,22H,9-10H2,1-2H3,(H,21,24). The lowest BCUT2D eigenvalue weighted by molar-refractivity contribution is -0.129.